The van der Waals surface area contributed by atoms with E-state index < -0.39 is 10.0 Å². The van der Waals surface area contributed by atoms with Gasteiger partial charge < -0.3 is 9.80 Å². The van der Waals surface area contributed by atoms with Crippen LogP contribution in [0.3, 0.4) is 0 Å². The third kappa shape index (κ3) is 4.59. The van der Waals surface area contributed by atoms with Gasteiger partial charge in [0.25, 0.3) is 10.0 Å². The van der Waals surface area contributed by atoms with Crippen molar-refractivity contribution in [2.45, 2.75) is 30.6 Å². The first-order chi connectivity index (χ1) is 16.0. The van der Waals surface area contributed by atoms with Gasteiger partial charge in [-0.15, -0.1) is 0 Å². The quantitative estimate of drug-likeness (QED) is 0.517. The van der Waals surface area contributed by atoms with Gasteiger partial charge in [-0.2, -0.15) is 0 Å². The topological polar surface area (TPSA) is 43.9 Å². The highest BCUT2D eigenvalue weighted by Gasteiger charge is 2.30. The fourth-order valence-electron chi connectivity index (χ4n) is 5.22. The van der Waals surface area contributed by atoms with E-state index in [4.69, 9.17) is 0 Å². The summed E-state index contributed by atoms with van der Waals surface area (Å²) < 4.78 is 30.0. The molecule has 1 saturated heterocycles. The number of piperazine rings is 1. The Morgan fingerprint density at radius 3 is 2.36 bits per heavy atom. The lowest BCUT2D eigenvalue weighted by Crippen LogP contribution is -2.44. The van der Waals surface area contributed by atoms with E-state index in [2.05, 4.69) is 29.0 Å². The van der Waals surface area contributed by atoms with Gasteiger partial charge in [-0.25, -0.2) is 8.42 Å². The number of benzene rings is 3. The van der Waals surface area contributed by atoms with Gasteiger partial charge in [-0.1, -0.05) is 55.3 Å². The van der Waals surface area contributed by atoms with Gasteiger partial charge in [-0.3, -0.25) is 4.31 Å². The van der Waals surface area contributed by atoms with E-state index in [1.165, 1.54) is 12.8 Å². The molecular weight excluding hydrogens is 430 g/mol. The van der Waals surface area contributed by atoms with E-state index >= 15 is 0 Å². The maximum atomic E-state index is 14.2. The Bertz CT molecular complexity index is 1210. The van der Waals surface area contributed by atoms with Crippen LogP contribution in [-0.2, 0) is 10.0 Å². The highest BCUT2D eigenvalue weighted by Crippen LogP contribution is 2.34. The van der Waals surface area contributed by atoms with Crippen LogP contribution in [0.15, 0.2) is 71.6 Å². The van der Waals surface area contributed by atoms with E-state index in [1.807, 2.05) is 48.5 Å². The highest BCUT2D eigenvalue weighted by atomic mass is 32.2. The van der Waals surface area contributed by atoms with Gasteiger partial charge in [-0.05, 0) is 55.5 Å². The largest absolute Gasteiger partial charge is 0.369 e. The summed E-state index contributed by atoms with van der Waals surface area (Å²) in [4.78, 5) is 5.09. The Hall–Kier alpha value is -2.57. The molecule has 2 fully saturated rings. The molecule has 1 saturated carbocycles. The summed E-state index contributed by atoms with van der Waals surface area (Å²) in [6, 6.07) is 21.5. The van der Waals surface area contributed by atoms with Crippen molar-refractivity contribution in [1.29, 1.82) is 0 Å². The Morgan fingerprint density at radius 2 is 1.58 bits per heavy atom. The van der Waals surface area contributed by atoms with Crippen LogP contribution in [0.5, 0.6) is 0 Å². The maximum Gasteiger partial charge on any atom is 0.264 e. The number of sulfonamides is 1. The average molecular weight is 464 g/mol. The summed E-state index contributed by atoms with van der Waals surface area (Å²) in [6.45, 7) is 4.49. The van der Waals surface area contributed by atoms with E-state index in [0.29, 0.717) is 17.4 Å². The van der Waals surface area contributed by atoms with E-state index in [-0.39, 0.29) is 0 Å². The second-order valence-corrected chi connectivity index (χ2v) is 11.3. The lowest BCUT2D eigenvalue weighted by molar-refractivity contribution is 0.313. The molecule has 6 heteroatoms. The molecule has 0 radical (unpaired) electrons. The molecule has 0 aromatic heterocycles. The van der Waals surface area contributed by atoms with Crippen molar-refractivity contribution in [1.82, 2.24) is 4.90 Å². The van der Waals surface area contributed by atoms with Crippen LogP contribution in [-0.4, -0.2) is 53.1 Å². The zero-order valence-corrected chi connectivity index (χ0v) is 20.2. The predicted molar refractivity (Wildman–Crippen MR) is 137 cm³/mol. The molecular formula is C27H33N3O2S. The van der Waals surface area contributed by atoms with Crippen molar-refractivity contribution in [3.63, 3.8) is 0 Å². The van der Waals surface area contributed by atoms with Crippen molar-refractivity contribution in [3.05, 3.63) is 66.7 Å². The molecule has 2 aliphatic rings. The smallest absolute Gasteiger partial charge is 0.264 e. The van der Waals surface area contributed by atoms with Crippen molar-refractivity contribution >= 4 is 32.2 Å². The molecule has 1 heterocycles. The number of anilines is 2. The van der Waals surface area contributed by atoms with Gasteiger partial charge in [0.05, 0.1) is 10.6 Å². The monoisotopic (exact) mass is 463 g/mol. The van der Waals surface area contributed by atoms with Crippen molar-refractivity contribution in [2.75, 3.05) is 49.0 Å². The summed E-state index contributed by atoms with van der Waals surface area (Å²) in [7, 11) is -1.57. The summed E-state index contributed by atoms with van der Waals surface area (Å²) in [5, 5.41) is 1.73. The van der Waals surface area contributed by atoms with E-state index in [1.54, 1.807) is 10.4 Å². The summed E-state index contributed by atoms with van der Waals surface area (Å²) in [5.41, 5.74) is 1.87. The molecule has 0 bridgehead atoms. The van der Waals surface area contributed by atoms with Gasteiger partial charge in [0.2, 0.25) is 0 Å². The zero-order valence-electron chi connectivity index (χ0n) is 19.4. The number of nitrogens with zero attached hydrogens (tertiary/aromatic N) is 3. The minimum absolute atomic E-state index is 0.392. The second-order valence-electron chi connectivity index (χ2n) is 9.47. The van der Waals surface area contributed by atoms with Crippen LogP contribution in [0.1, 0.15) is 25.7 Å². The lowest BCUT2D eigenvalue weighted by atomic mass is 10.1. The third-order valence-electron chi connectivity index (χ3n) is 7.20. The zero-order chi connectivity index (χ0) is 22.8. The maximum absolute atomic E-state index is 14.2. The fraction of sp³-hybridized carbons (Fsp3) is 0.407. The van der Waals surface area contributed by atoms with Crippen LogP contribution in [0, 0.1) is 5.92 Å². The molecule has 33 heavy (non-hydrogen) atoms. The van der Waals surface area contributed by atoms with Crippen LogP contribution in [0.2, 0.25) is 0 Å². The Morgan fingerprint density at radius 1 is 0.879 bits per heavy atom. The minimum Gasteiger partial charge on any atom is -0.369 e. The Labute approximate surface area is 197 Å². The van der Waals surface area contributed by atoms with E-state index in [0.717, 1.165) is 61.2 Å². The average Bonchev–Trinajstić information content (AvgIpc) is 3.36. The molecule has 5 rings (SSSR count). The molecule has 0 unspecified atom stereocenters. The number of hydrogen-bond acceptors (Lipinski definition) is 4. The molecule has 1 aliphatic carbocycles. The van der Waals surface area contributed by atoms with Crippen molar-refractivity contribution < 1.29 is 8.42 Å². The standard InChI is InChI=1S/C27H33N3O2S/c1-28-16-18-29(19-17-28)24-12-7-13-25(20-24)30(21-22-8-2-3-9-22)33(31,32)27-15-6-11-23-10-4-5-14-26(23)27/h4-7,10-15,20,22H,2-3,8-9,16-19,21H2,1H3. The lowest BCUT2D eigenvalue weighted by Gasteiger charge is -2.35. The second kappa shape index (κ2) is 9.35. The SMILES string of the molecule is CN1CCN(c2cccc(N(CC3CCCC3)S(=O)(=O)c3cccc4ccccc34)c2)CC1. The Balaban J connectivity index is 1.55. The summed E-state index contributed by atoms with van der Waals surface area (Å²) >= 11 is 0. The third-order valence-corrected chi connectivity index (χ3v) is 9.05. The molecule has 1 aliphatic heterocycles. The van der Waals surface area contributed by atoms with E-state index in [9.17, 15) is 8.42 Å². The molecule has 0 spiro atoms. The van der Waals surface area contributed by atoms with Gasteiger partial charge in [0, 0.05) is 43.8 Å². The summed E-state index contributed by atoms with van der Waals surface area (Å²) in [6.07, 6.45) is 4.57. The molecule has 5 nitrogen and oxygen atoms in total. The molecule has 0 N–H and O–H groups in total. The normalized spacial score (nSPS) is 18.2. The van der Waals surface area contributed by atoms with Gasteiger partial charge in [0.15, 0.2) is 0 Å². The highest BCUT2D eigenvalue weighted by molar-refractivity contribution is 7.93. The number of fused-ring (bicyclic) bond motifs is 1. The van der Waals surface area contributed by atoms with Crippen molar-refractivity contribution in [2.24, 2.45) is 5.92 Å². The minimum atomic E-state index is -3.72. The van der Waals surface area contributed by atoms with Crippen LogP contribution in [0.25, 0.3) is 10.8 Å². The number of likely N-dealkylation sites (N-methyl/N-ethyl adjacent to an activating group) is 1. The Kier molecular flexibility index (Phi) is 6.30. The fourth-order valence-corrected chi connectivity index (χ4v) is 6.97. The van der Waals surface area contributed by atoms with Crippen LogP contribution < -0.4 is 9.21 Å². The molecule has 3 aromatic carbocycles. The molecule has 3 aromatic rings. The molecule has 0 atom stereocenters. The number of rotatable bonds is 6. The first-order valence-electron chi connectivity index (χ1n) is 12.1. The van der Waals surface area contributed by atoms with Crippen LogP contribution in [0.4, 0.5) is 11.4 Å². The van der Waals surface area contributed by atoms with Gasteiger partial charge >= 0.3 is 0 Å². The molecule has 174 valence electrons. The summed E-state index contributed by atoms with van der Waals surface area (Å²) in [5.74, 6) is 0.405. The van der Waals surface area contributed by atoms with Gasteiger partial charge in [0.1, 0.15) is 0 Å². The first kappa shape index (κ1) is 22.2. The predicted octanol–water partition coefficient (Wildman–Crippen LogP) is 4.98. The van der Waals surface area contributed by atoms with Crippen molar-refractivity contribution in [3.8, 4) is 0 Å². The first-order valence-corrected chi connectivity index (χ1v) is 13.5. The number of hydrogen-bond donors (Lipinski definition) is 0. The van der Waals surface area contributed by atoms with Crippen LogP contribution >= 0.6 is 0 Å². The molecule has 0 amide bonds.